The number of oxazole rings is 1. The highest BCUT2D eigenvalue weighted by Crippen LogP contribution is 2.31. The van der Waals surface area contributed by atoms with Crippen LogP contribution in [0.25, 0.3) is 11.1 Å². The molecule has 11 nitrogen and oxygen atoms in total. The number of carboxylic acids is 1. The number of benzene rings is 2. The summed E-state index contributed by atoms with van der Waals surface area (Å²) in [4.78, 5) is 31.3. The second kappa shape index (κ2) is 12.4. The van der Waals surface area contributed by atoms with Gasteiger partial charge in [0.15, 0.2) is 23.0 Å². The van der Waals surface area contributed by atoms with Gasteiger partial charge in [0.2, 0.25) is 5.95 Å². The van der Waals surface area contributed by atoms with Crippen LogP contribution in [0.5, 0.6) is 5.75 Å². The van der Waals surface area contributed by atoms with E-state index in [1.54, 1.807) is 44.4 Å². The molecule has 208 valence electrons. The molecule has 16 heteroatoms. The Bertz CT molecular complexity index is 1530. The number of halogens is 5. The summed E-state index contributed by atoms with van der Waals surface area (Å²) >= 11 is 6.22. The third-order valence-electron chi connectivity index (χ3n) is 4.74. The van der Waals surface area contributed by atoms with Crippen molar-refractivity contribution < 1.29 is 41.4 Å². The van der Waals surface area contributed by atoms with Crippen molar-refractivity contribution in [1.82, 2.24) is 15.0 Å². The lowest BCUT2D eigenvalue weighted by molar-refractivity contribution is -0.192. The normalized spacial score (nSPS) is 11.1. The van der Waals surface area contributed by atoms with Gasteiger partial charge in [-0.15, -0.1) is 0 Å². The molecule has 4 aromatic rings. The highest BCUT2D eigenvalue weighted by molar-refractivity contribution is 6.32. The summed E-state index contributed by atoms with van der Waals surface area (Å²) in [6.07, 6.45) is -3.69. The van der Waals surface area contributed by atoms with Gasteiger partial charge in [-0.3, -0.25) is 4.98 Å². The van der Waals surface area contributed by atoms with E-state index in [-0.39, 0.29) is 29.0 Å². The van der Waals surface area contributed by atoms with Crippen LogP contribution in [0.2, 0.25) is 5.02 Å². The number of hydrogen-bond donors (Lipinski definition) is 4. The number of fused-ring (bicyclic) bond motifs is 1. The Kier molecular flexibility index (Phi) is 9.32. The summed E-state index contributed by atoms with van der Waals surface area (Å²) in [6, 6.07) is 8.31. The minimum atomic E-state index is -5.08. The quantitative estimate of drug-likeness (QED) is 0.164. The van der Waals surface area contributed by atoms with Gasteiger partial charge in [0.05, 0.1) is 24.0 Å². The van der Waals surface area contributed by atoms with Crippen molar-refractivity contribution in [2.24, 2.45) is 0 Å². The summed E-state index contributed by atoms with van der Waals surface area (Å²) in [7, 11) is 1.54. The highest BCUT2D eigenvalue weighted by Gasteiger charge is 2.38. The Morgan fingerprint density at radius 3 is 2.59 bits per heavy atom. The Morgan fingerprint density at radius 1 is 1.21 bits per heavy atom. The van der Waals surface area contributed by atoms with Gasteiger partial charge in [-0.1, -0.05) is 17.7 Å². The van der Waals surface area contributed by atoms with Crippen LogP contribution >= 0.6 is 11.6 Å². The summed E-state index contributed by atoms with van der Waals surface area (Å²) < 4.78 is 62.1. The number of carbonyl (C=O) groups is 1. The van der Waals surface area contributed by atoms with Gasteiger partial charge in [-0.2, -0.15) is 18.2 Å². The largest absolute Gasteiger partial charge is 0.490 e. The van der Waals surface area contributed by atoms with Crippen LogP contribution in [0.1, 0.15) is 5.56 Å². The van der Waals surface area contributed by atoms with Crippen LogP contribution in [0, 0.1) is 12.7 Å². The highest BCUT2D eigenvalue weighted by atomic mass is 35.5. The molecule has 0 spiro atoms. The van der Waals surface area contributed by atoms with E-state index in [4.69, 9.17) is 35.4 Å². The third-order valence-corrected chi connectivity index (χ3v) is 5.02. The minimum absolute atomic E-state index is 0.125. The first-order valence-corrected chi connectivity index (χ1v) is 11.2. The van der Waals surface area contributed by atoms with E-state index in [9.17, 15) is 22.4 Å². The van der Waals surface area contributed by atoms with E-state index in [1.165, 1.54) is 6.20 Å². The number of methoxy groups -OCH3 is 1. The Morgan fingerprint density at radius 2 is 1.92 bits per heavy atom. The van der Waals surface area contributed by atoms with E-state index >= 15 is 0 Å². The van der Waals surface area contributed by atoms with Crippen molar-refractivity contribution in [2.75, 3.05) is 31.0 Å². The molecule has 0 unspecified atom stereocenters. The predicted octanol–water partition coefficient (Wildman–Crippen LogP) is 5.16. The standard InChI is InChI=1S/C21H19ClFN5O4.C2HF3O2/c1-11-3-5-14(17(23)18(11)31-8-7-30-2)26-20-24-10-13(22)19(28-20)25-12-4-6-16-15(9-12)27-21(29)32-16;3-2(4,5)1(6)7/h3-6,9-10H,7-8H2,1-2H3,(H,27,29)(H2,24,25,26,28);(H,6,7). The van der Waals surface area contributed by atoms with Crippen molar-refractivity contribution in [2.45, 2.75) is 13.1 Å². The van der Waals surface area contributed by atoms with Crippen LogP contribution in [0.15, 0.2) is 45.7 Å². The number of rotatable bonds is 8. The van der Waals surface area contributed by atoms with Gasteiger partial charge in [-0.05, 0) is 36.8 Å². The molecule has 4 rings (SSSR count). The van der Waals surface area contributed by atoms with Crippen LogP contribution < -0.4 is 21.1 Å². The van der Waals surface area contributed by atoms with E-state index in [0.717, 1.165) is 0 Å². The number of carboxylic acid groups (broad SMARTS) is 1. The van der Waals surface area contributed by atoms with E-state index in [0.29, 0.717) is 34.8 Å². The molecule has 0 amide bonds. The smallest absolute Gasteiger partial charge is 0.488 e. The molecule has 0 aliphatic rings. The summed E-state index contributed by atoms with van der Waals surface area (Å²) in [5, 5.41) is 13.3. The van der Waals surface area contributed by atoms with Gasteiger partial charge < -0.3 is 29.6 Å². The first kappa shape index (κ1) is 29.2. The van der Waals surface area contributed by atoms with Crippen LogP contribution in [-0.2, 0) is 9.53 Å². The number of nitrogens with zero attached hydrogens (tertiary/aromatic N) is 2. The average molecular weight is 574 g/mol. The maximum absolute atomic E-state index is 15.0. The lowest BCUT2D eigenvalue weighted by Crippen LogP contribution is -2.21. The molecule has 2 aromatic heterocycles. The van der Waals surface area contributed by atoms with Gasteiger partial charge in [-0.25, -0.2) is 19.0 Å². The molecule has 39 heavy (non-hydrogen) atoms. The van der Waals surface area contributed by atoms with Crippen molar-refractivity contribution in [1.29, 1.82) is 0 Å². The number of aromatic nitrogens is 3. The molecule has 0 saturated carbocycles. The van der Waals surface area contributed by atoms with Crippen LogP contribution in [-0.4, -0.2) is 52.5 Å². The van der Waals surface area contributed by atoms with Gasteiger partial charge in [0.25, 0.3) is 0 Å². The number of nitrogens with one attached hydrogen (secondary N) is 3. The zero-order chi connectivity index (χ0) is 28.7. The fourth-order valence-electron chi connectivity index (χ4n) is 2.96. The average Bonchev–Trinajstić information content (AvgIpc) is 3.24. The second-order valence-electron chi connectivity index (χ2n) is 7.58. The zero-order valence-electron chi connectivity index (χ0n) is 20.2. The zero-order valence-corrected chi connectivity index (χ0v) is 20.9. The molecule has 0 bridgehead atoms. The SMILES string of the molecule is COCCOc1c(C)ccc(Nc2ncc(Cl)c(Nc3ccc4oc(=O)[nH]c4c3)n2)c1F.O=C(O)C(F)(F)F. The second-order valence-corrected chi connectivity index (χ2v) is 7.99. The topological polar surface area (TPSA) is 152 Å². The number of ether oxygens (including phenoxy) is 2. The summed E-state index contributed by atoms with van der Waals surface area (Å²) in [5.41, 5.74) is 2.35. The molecule has 4 N–H and O–H groups in total. The first-order valence-electron chi connectivity index (χ1n) is 10.8. The molecule has 0 fully saturated rings. The summed E-state index contributed by atoms with van der Waals surface area (Å²) in [6.45, 7) is 2.31. The molecule has 0 aliphatic carbocycles. The number of H-pyrrole nitrogens is 1. The van der Waals surface area contributed by atoms with Crippen molar-refractivity contribution in [3.05, 3.63) is 63.5 Å². The van der Waals surface area contributed by atoms with Crippen LogP contribution in [0.4, 0.5) is 40.7 Å². The fraction of sp³-hybridized carbons (Fsp3) is 0.217. The summed E-state index contributed by atoms with van der Waals surface area (Å²) in [5.74, 6) is -3.33. The molecule has 0 aliphatic heterocycles. The molecular weight excluding hydrogens is 554 g/mol. The lowest BCUT2D eigenvalue weighted by Gasteiger charge is -2.14. The number of hydrogen-bond acceptors (Lipinski definition) is 9. The van der Waals surface area contributed by atoms with Crippen molar-refractivity contribution in [3.8, 4) is 5.75 Å². The number of aryl methyl sites for hydroxylation is 1. The van der Waals surface area contributed by atoms with Gasteiger partial charge >= 0.3 is 17.9 Å². The monoisotopic (exact) mass is 573 g/mol. The number of alkyl halides is 3. The fourth-order valence-corrected chi connectivity index (χ4v) is 3.09. The van der Waals surface area contributed by atoms with Gasteiger partial charge in [0, 0.05) is 12.8 Å². The number of aliphatic carboxylic acids is 1. The maximum atomic E-state index is 15.0. The minimum Gasteiger partial charge on any atom is -0.488 e. The molecule has 0 atom stereocenters. The molecule has 0 saturated heterocycles. The van der Waals surface area contributed by atoms with E-state index in [2.05, 4.69) is 25.6 Å². The number of anilines is 4. The Balaban J connectivity index is 0.000000532. The third kappa shape index (κ3) is 7.81. The maximum Gasteiger partial charge on any atom is 0.490 e. The van der Waals surface area contributed by atoms with E-state index < -0.39 is 23.7 Å². The van der Waals surface area contributed by atoms with Gasteiger partial charge in [0.1, 0.15) is 11.6 Å². The predicted molar refractivity (Wildman–Crippen MR) is 133 cm³/mol. The van der Waals surface area contributed by atoms with Crippen molar-refractivity contribution in [3.63, 3.8) is 0 Å². The van der Waals surface area contributed by atoms with Crippen molar-refractivity contribution >= 4 is 51.8 Å². The molecular formula is C23H20ClF4N5O6. The molecule has 2 heterocycles. The first-order chi connectivity index (χ1) is 18.4. The molecule has 2 aromatic carbocycles. The Labute approximate surface area is 221 Å². The Hall–Kier alpha value is -4.37. The molecule has 0 radical (unpaired) electrons. The van der Waals surface area contributed by atoms with Crippen LogP contribution in [0.3, 0.4) is 0 Å². The number of aromatic amines is 1. The lowest BCUT2D eigenvalue weighted by atomic mass is 10.2. The van der Waals surface area contributed by atoms with E-state index in [1.807, 2.05) is 0 Å².